The lowest BCUT2D eigenvalue weighted by molar-refractivity contribution is -0.141. The molecule has 1 aliphatic carbocycles. The minimum absolute atomic E-state index is 0.0249. The summed E-state index contributed by atoms with van der Waals surface area (Å²) in [5.74, 6) is 0.463. The Morgan fingerprint density at radius 2 is 2.00 bits per heavy atom. The van der Waals surface area contributed by atoms with Crippen molar-refractivity contribution in [2.45, 2.75) is 31.7 Å². The SMILES string of the molecule is Nc1nc2ccc(C(=O)N(CC3CC3)C3COCc4nc(C(F)(F)F)ccc43)cc2n2cncc12. The number of rotatable bonds is 4. The van der Waals surface area contributed by atoms with Gasteiger partial charge in [-0.25, -0.2) is 15.0 Å². The molecule has 1 saturated carbocycles. The minimum atomic E-state index is -4.55. The van der Waals surface area contributed by atoms with Crippen molar-refractivity contribution in [3.63, 3.8) is 0 Å². The molecule has 0 spiro atoms. The molecule has 1 fully saturated rings. The normalized spacial score (nSPS) is 18.1. The highest BCUT2D eigenvalue weighted by molar-refractivity contribution is 5.98. The van der Waals surface area contributed by atoms with E-state index < -0.39 is 17.9 Å². The Morgan fingerprint density at radius 3 is 2.77 bits per heavy atom. The first kappa shape index (κ1) is 21.8. The molecule has 0 radical (unpaired) electrons. The van der Waals surface area contributed by atoms with Gasteiger partial charge in [0.15, 0.2) is 0 Å². The van der Waals surface area contributed by atoms with Gasteiger partial charge in [-0.1, -0.05) is 6.07 Å². The predicted molar refractivity (Wildman–Crippen MR) is 120 cm³/mol. The molecule has 180 valence electrons. The maximum atomic E-state index is 13.8. The molecule has 4 aromatic rings. The van der Waals surface area contributed by atoms with E-state index in [1.165, 1.54) is 6.07 Å². The Hall–Kier alpha value is -3.73. The van der Waals surface area contributed by atoms with Crippen molar-refractivity contribution in [2.75, 3.05) is 18.9 Å². The molecule has 11 heteroatoms. The van der Waals surface area contributed by atoms with Gasteiger partial charge < -0.3 is 15.4 Å². The first-order valence-corrected chi connectivity index (χ1v) is 11.3. The molecule has 1 amide bonds. The van der Waals surface area contributed by atoms with Crippen LogP contribution in [-0.2, 0) is 17.5 Å². The quantitative estimate of drug-likeness (QED) is 0.472. The number of alkyl halides is 3. The van der Waals surface area contributed by atoms with Crippen LogP contribution in [0.25, 0.3) is 16.6 Å². The van der Waals surface area contributed by atoms with Crippen molar-refractivity contribution in [3.05, 3.63) is 65.4 Å². The van der Waals surface area contributed by atoms with Gasteiger partial charge in [0.05, 0.1) is 48.5 Å². The summed E-state index contributed by atoms with van der Waals surface area (Å²) in [6, 6.07) is 7.03. The first-order valence-electron chi connectivity index (χ1n) is 11.3. The average Bonchev–Trinajstić information content (AvgIpc) is 3.52. The number of imidazole rings is 1. The van der Waals surface area contributed by atoms with E-state index in [4.69, 9.17) is 10.5 Å². The van der Waals surface area contributed by atoms with Crippen molar-refractivity contribution in [1.29, 1.82) is 0 Å². The highest BCUT2D eigenvalue weighted by Gasteiger charge is 2.38. The van der Waals surface area contributed by atoms with Gasteiger partial charge in [-0.15, -0.1) is 0 Å². The Morgan fingerprint density at radius 1 is 1.17 bits per heavy atom. The number of carbonyl (C=O) groups excluding carboxylic acids is 1. The van der Waals surface area contributed by atoms with Gasteiger partial charge in [-0.2, -0.15) is 13.2 Å². The maximum absolute atomic E-state index is 13.8. The third-order valence-electron chi connectivity index (χ3n) is 6.59. The van der Waals surface area contributed by atoms with E-state index in [1.807, 2.05) is 0 Å². The van der Waals surface area contributed by atoms with Gasteiger partial charge >= 0.3 is 6.18 Å². The smallest absolute Gasteiger partial charge is 0.382 e. The summed E-state index contributed by atoms with van der Waals surface area (Å²) >= 11 is 0. The zero-order valence-electron chi connectivity index (χ0n) is 18.5. The van der Waals surface area contributed by atoms with Crippen molar-refractivity contribution >= 4 is 28.3 Å². The number of nitrogens with zero attached hydrogens (tertiary/aromatic N) is 5. The van der Waals surface area contributed by atoms with E-state index in [1.54, 1.807) is 40.0 Å². The second kappa shape index (κ2) is 7.91. The van der Waals surface area contributed by atoms with Crippen molar-refractivity contribution in [2.24, 2.45) is 5.92 Å². The van der Waals surface area contributed by atoms with E-state index in [0.29, 0.717) is 46.0 Å². The number of aromatic nitrogens is 4. The molecule has 4 heterocycles. The lowest BCUT2D eigenvalue weighted by atomic mass is 9.99. The van der Waals surface area contributed by atoms with Gasteiger partial charge in [0.25, 0.3) is 5.91 Å². The topological polar surface area (TPSA) is 98.6 Å². The number of carbonyl (C=O) groups is 1. The van der Waals surface area contributed by atoms with Crippen molar-refractivity contribution in [1.82, 2.24) is 24.3 Å². The molecule has 1 aromatic carbocycles. The van der Waals surface area contributed by atoms with Crippen LogP contribution in [0.4, 0.5) is 19.0 Å². The third-order valence-corrected chi connectivity index (χ3v) is 6.59. The largest absolute Gasteiger partial charge is 0.433 e. The standard InChI is InChI=1S/C24H21F3N6O2/c25-24(26,27)21-6-4-15-17(30-21)10-35-11-20(15)32(9-13-1-2-13)23(34)14-3-5-16-18(7-14)33-12-29-8-19(33)22(28)31-16/h3-8,12-13,20H,1-2,9-11H2,(H2,28,31). The summed E-state index contributed by atoms with van der Waals surface area (Å²) in [5, 5.41) is 0. The van der Waals surface area contributed by atoms with Crippen molar-refractivity contribution in [3.8, 4) is 0 Å². The second-order valence-electron chi connectivity index (χ2n) is 9.01. The number of anilines is 1. The predicted octanol–water partition coefficient (Wildman–Crippen LogP) is 4.00. The van der Waals surface area contributed by atoms with E-state index in [0.717, 1.165) is 18.9 Å². The molecule has 0 saturated heterocycles. The number of benzene rings is 1. The zero-order valence-corrected chi connectivity index (χ0v) is 18.5. The molecule has 1 atom stereocenters. The number of amides is 1. The van der Waals surface area contributed by atoms with Crippen LogP contribution in [-0.4, -0.2) is 43.3 Å². The molecule has 6 rings (SSSR count). The van der Waals surface area contributed by atoms with Crippen LogP contribution in [0.15, 0.2) is 42.9 Å². The lowest BCUT2D eigenvalue weighted by Crippen LogP contribution is -2.41. The Bertz CT molecular complexity index is 1460. The molecular weight excluding hydrogens is 461 g/mol. The molecule has 8 nitrogen and oxygen atoms in total. The molecule has 0 bridgehead atoms. The first-order chi connectivity index (χ1) is 16.8. The van der Waals surface area contributed by atoms with Gasteiger partial charge in [0.1, 0.15) is 17.0 Å². The van der Waals surface area contributed by atoms with Crippen LogP contribution >= 0.6 is 0 Å². The number of nitrogen functional groups attached to an aromatic ring is 1. The van der Waals surface area contributed by atoms with Crippen LogP contribution in [0.3, 0.4) is 0 Å². The van der Waals surface area contributed by atoms with Gasteiger partial charge in [-0.3, -0.25) is 9.20 Å². The number of halogens is 3. The van der Waals surface area contributed by atoms with Crippen LogP contribution < -0.4 is 5.73 Å². The molecule has 1 unspecified atom stereocenters. The summed E-state index contributed by atoms with van der Waals surface area (Å²) in [6.45, 7) is 0.657. The fourth-order valence-corrected chi connectivity index (χ4v) is 4.61. The maximum Gasteiger partial charge on any atom is 0.433 e. The molecule has 2 N–H and O–H groups in total. The molecule has 2 aliphatic rings. The number of hydrogen-bond acceptors (Lipinski definition) is 6. The molecule has 35 heavy (non-hydrogen) atoms. The third kappa shape index (κ3) is 3.85. The number of pyridine rings is 1. The van der Waals surface area contributed by atoms with Gasteiger partial charge in [-0.05, 0) is 43.0 Å². The highest BCUT2D eigenvalue weighted by atomic mass is 19.4. The molecular formula is C24H21F3N6O2. The monoisotopic (exact) mass is 482 g/mol. The Balaban J connectivity index is 1.40. The number of nitrogens with two attached hydrogens (primary N) is 1. The summed E-state index contributed by atoms with van der Waals surface area (Å²) in [4.78, 5) is 27.9. The molecule has 3 aromatic heterocycles. The Labute approximate surface area is 197 Å². The molecule has 1 aliphatic heterocycles. The van der Waals surface area contributed by atoms with Crippen LogP contribution in [0.5, 0.6) is 0 Å². The summed E-state index contributed by atoms with van der Waals surface area (Å²) in [7, 11) is 0. The zero-order chi connectivity index (χ0) is 24.3. The summed E-state index contributed by atoms with van der Waals surface area (Å²) in [5.41, 5.74) is 8.22. The summed E-state index contributed by atoms with van der Waals surface area (Å²) in [6.07, 6.45) is 0.681. The number of hydrogen-bond donors (Lipinski definition) is 1. The van der Waals surface area contributed by atoms with Crippen molar-refractivity contribution < 1.29 is 22.7 Å². The number of fused-ring (bicyclic) bond motifs is 4. The number of ether oxygens (including phenoxy) is 1. The second-order valence-corrected chi connectivity index (χ2v) is 9.01. The minimum Gasteiger partial charge on any atom is -0.382 e. The van der Waals surface area contributed by atoms with Crippen LogP contribution in [0, 0.1) is 5.92 Å². The lowest BCUT2D eigenvalue weighted by Gasteiger charge is -2.36. The average molecular weight is 482 g/mol. The van der Waals surface area contributed by atoms with Gasteiger partial charge in [0, 0.05) is 17.7 Å². The van der Waals surface area contributed by atoms with E-state index in [-0.39, 0.29) is 24.8 Å². The van der Waals surface area contributed by atoms with Crippen LogP contribution in [0.2, 0.25) is 0 Å². The summed E-state index contributed by atoms with van der Waals surface area (Å²) < 4.78 is 47.0. The van der Waals surface area contributed by atoms with Gasteiger partial charge in [0.2, 0.25) is 0 Å². The van der Waals surface area contributed by atoms with Crippen LogP contribution in [0.1, 0.15) is 46.2 Å². The highest BCUT2D eigenvalue weighted by Crippen LogP contribution is 2.38. The fourth-order valence-electron chi connectivity index (χ4n) is 4.61. The fraction of sp³-hybridized carbons (Fsp3) is 0.333. The Kier molecular flexibility index (Phi) is 4.92. The van der Waals surface area contributed by atoms with E-state index >= 15 is 0 Å². The van der Waals surface area contributed by atoms with E-state index in [2.05, 4.69) is 15.0 Å². The van der Waals surface area contributed by atoms with E-state index in [9.17, 15) is 18.0 Å².